The van der Waals surface area contributed by atoms with E-state index in [4.69, 9.17) is 25.5 Å². The van der Waals surface area contributed by atoms with Crippen molar-refractivity contribution >= 4 is 34.2 Å². The van der Waals surface area contributed by atoms with Gasteiger partial charge >= 0.3 is 0 Å². The predicted octanol–water partition coefficient (Wildman–Crippen LogP) is 5.77. The molecule has 1 unspecified atom stereocenters. The largest absolute Gasteiger partial charge is 0.493 e. The molecule has 0 saturated heterocycles. The average Bonchev–Trinajstić information content (AvgIpc) is 3.15. The van der Waals surface area contributed by atoms with E-state index in [9.17, 15) is 9.59 Å². The molecular formula is C27H20ClNO5. The van der Waals surface area contributed by atoms with Gasteiger partial charge in [-0.3, -0.25) is 14.5 Å². The maximum absolute atomic E-state index is 13.6. The molecule has 7 heteroatoms. The molecule has 4 aromatic rings. The molecule has 1 amide bonds. The van der Waals surface area contributed by atoms with Crippen LogP contribution in [0.4, 0.5) is 5.69 Å². The maximum Gasteiger partial charge on any atom is 0.295 e. The second-order valence-corrected chi connectivity index (χ2v) is 8.17. The standard InChI is InChI=1S/C27H20ClNO5/c1-3-13-33-21-12-11-16(14-22(21)32-2)24-23-25(30)19-9-4-5-10-20(19)34-26(23)27(31)29(24)18-8-6-7-17(28)15-18/h3-12,14-15,24H,1,13H2,2H3. The summed E-state index contributed by atoms with van der Waals surface area (Å²) < 4.78 is 17.2. The molecule has 6 nitrogen and oxygen atoms in total. The van der Waals surface area contributed by atoms with Crippen LogP contribution in [-0.4, -0.2) is 19.6 Å². The lowest BCUT2D eigenvalue weighted by Crippen LogP contribution is -2.29. The molecule has 0 bridgehead atoms. The van der Waals surface area contributed by atoms with Crippen molar-refractivity contribution in [2.24, 2.45) is 0 Å². The van der Waals surface area contributed by atoms with Gasteiger partial charge in [0.1, 0.15) is 12.2 Å². The Hall–Kier alpha value is -4.03. The van der Waals surface area contributed by atoms with Crippen LogP contribution >= 0.6 is 11.6 Å². The van der Waals surface area contributed by atoms with Crippen LogP contribution in [0, 0.1) is 0 Å². The molecule has 0 N–H and O–H groups in total. The van der Waals surface area contributed by atoms with E-state index in [1.165, 1.54) is 12.0 Å². The summed E-state index contributed by atoms with van der Waals surface area (Å²) in [5.74, 6) is 0.586. The fourth-order valence-electron chi connectivity index (χ4n) is 4.25. The predicted molar refractivity (Wildman–Crippen MR) is 131 cm³/mol. The van der Waals surface area contributed by atoms with Crippen LogP contribution in [0.3, 0.4) is 0 Å². The molecule has 170 valence electrons. The Balaban J connectivity index is 1.76. The van der Waals surface area contributed by atoms with Gasteiger partial charge in [0.2, 0.25) is 5.76 Å². The van der Waals surface area contributed by atoms with Crippen LogP contribution in [0.25, 0.3) is 11.0 Å². The summed E-state index contributed by atoms with van der Waals surface area (Å²) in [5, 5.41) is 0.875. The number of rotatable bonds is 6. The second-order valence-electron chi connectivity index (χ2n) is 7.74. The highest BCUT2D eigenvalue weighted by Gasteiger charge is 2.44. The average molecular weight is 474 g/mol. The highest BCUT2D eigenvalue weighted by Crippen LogP contribution is 2.43. The Morgan fingerprint density at radius 3 is 2.65 bits per heavy atom. The minimum Gasteiger partial charge on any atom is -0.493 e. The van der Waals surface area contributed by atoms with E-state index in [1.54, 1.807) is 72.8 Å². The van der Waals surface area contributed by atoms with Gasteiger partial charge in [0.25, 0.3) is 5.91 Å². The molecule has 1 aliphatic heterocycles. The van der Waals surface area contributed by atoms with Gasteiger partial charge in [-0.1, -0.05) is 48.5 Å². The first-order valence-corrected chi connectivity index (χ1v) is 11.0. The van der Waals surface area contributed by atoms with Crippen molar-refractivity contribution in [3.8, 4) is 11.5 Å². The summed E-state index contributed by atoms with van der Waals surface area (Å²) in [5.41, 5.74) is 1.58. The van der Waals surface area contributed by atoms with Gasteiger partial charge in [-0.25, -0.2) is 0 Å². The van der Waals surface area contributed by atoms with E-state index in [1.807, 2.05) is 0 Å². The third-order valence-corrected chi connectivity index (χ3v) is 5.96. The van der Waals surface area contributed by atoms with Crippen molar-refractivity contribution < 1.29 is 18.7 Å². The first-order valence-electron chi connectivity index (χ1n) is 10.6. The van der Waals surface area contributed by atoms with Gasteiger partial charge in [-0.05, 0) is 48.0 Å². The lowest BCUT2D eigenvalue weighted by Gasteiger charge is -2.26. The molecule has 0 aliphatic carbocycles. The fraction of sp³-hybridized carbons (Fsp3) is 0.111. The number of hydrogen-bond acceptors (Lipinski definition) is 5. The number of benzene rings is 3. The van der Waals surface area contributed by atoms with Gasteiger partial charge in [0.15, 0.2) is 16.9 Å². The van der Waals surface area contributed by atoms with Crippen LogP contribution in [-0.2, 0) is 0 Å². The Labute approximate surface area is 200 Å². The number of amides is 1. The normalized spacial score (nSPS) is 14.8. The van der Waals surface area contributed by atoms with E-state index < -0.39 is 11.9 Å². The molecule has 0 spiro atoms. The van der Waals surface area contributed by atoms with Crippen LogP contribution in [0.15, 0.2) is 88.6 Å². The minimum absolute atomic E-state index is 0.0135. The van der Waals surface area contributed by atoms with E-state index in [-0.39, 0.29) is 16.8 Å². The van der Waals surface area contributed by atoms with Crippen LogP contribution in [0.1, 0.15) is 27.7 Å². The summed E-state index contributed by atoms with van der Waals surface area (Å²) >= 11 is 6.24. The quantitative estimate of drug-likeness (QED) is 0.332. The van der Waals surface area contributed by atoms with Crippen molar-refractivity contribution in [2.75, 3.05) is 18.6 Å². The van der Waals surface area contributed by atoms with Crippen molar-refractivity contribution in [2.45, 2.75) is 6.04 Å². The van der Waals surface area contributed by atoms with Crippen LogP contribution < -0.4 is 19.8 Å². The molecule has 0 fully saturated rings. The Morgan fingerprint density at radius 1 is 1.06 bits per heavy atom. The third-order valence-electron chi connectivity index (χ3n) is 5.72. The van der Waals surface area contributed by atoms with Crippen molar-refractivity contribution in [3.05, 3.63) is 112 Å². The summed E-state index contributed by atoms with van der Waals surface area (Å²) in [6.07, 6.45) is 1.64. The summed E-state index contributed by atoms with van der Waals surface area (Å²) in [6, 6.07) is 18.4. The number of anilines is 1. The zero-order valence-corrected chi connectivity index (χ0v) is 19.0. The number of ether oxygens (including phenoxy) is 2. The van der Waals surface area contributed by atoms with E-state index in [2.05, 4.69) is 6.58 Å². The maximum atomic E-state index is 13.6. The molecule has 3 aromatic carbocycles. The SMILES string of the molecule is C=CCOc1ccc(C2c3c(oc4ccccc4c3=O)C(=O)N2c2cccc(Cl)c2)cc1OC. The summed E-state index contributed by atoms with van der Waals surface area (Å²) in [4.78, 5) is 28.8. The minimum atomic E-state index is -0.746. The monoisotopic (exact) mass is 473 g/mol. The zero-order chi connectivity index (χ0) is 23.8. The Morgan fingerprint density at radius 2 is 1.88 bits per heavy atom. The number of hydrogen-bond donors (Lipinski definition) is 0. The van der Waals surface area contributed by atoms with Gasteiger partial charge in [-0.15, -0.1) is 0 Å². The Bertz CT molecular complexity index is 1490. The molecule has 5 rings (SSSR count). The van der Waals surface area contributed by atoms with Crippen molar-refractivity contribution in [3.63, 3.8) is 0 Å². The molecule has 2 heterocycles. The second kappa shape index (κ2) is 8.72. The molecule has 34 heavy (non-hydrogen) atoms. The lowest BCUT2D eigenvalue weighted by atomic mass is 9.97. The van der Waals surface area contributed by atoms with E-state index >= 15 is 0 Å². The van der Waals surface area contributed by atoms with Gasteiger partial charge in [0.05, 0.1) is 24.1 Å². The molecule has 1 atom stereocenters. The number of halogens is 1. The smallest absolute Gasteiger partial charge is 0.295 e. The van der Waals surface area contributed by atoms with Gasteiger partial charge < -0.3 is 13.9 Å². The first kappa shape index (κ1) is 21.8. The number of nitrogens with zero attached hydrogens (tertiary/aromatic N) is 1. The number of fused-ring (bicyclic) bond motifs is 2. The molecular weight excluding hydrogens is 454 g/mol. The third kappa shape index (κ3) is 3.53. The molecule has 1 aliphatic rings. The first-order chi connectivity index (χ1) is 16.5. The molecule has 0 saturated carbocycles. The number of carbonyl (C=O) groups is 1. The van der Waals surface area contributed by atoms with Crippen LogP contribution in [0.2, 0.25) is 5.02 Å². The van der Waals surface area contributed by atoms with Gasteiger partial charge in [0, 0.05) is 10.7 Å². The van der Waals surface area contributed by atoms with Crippen molar-refractivity contribution in [1.82, 2.24) is 0 Å². The van der Waals surface area contributed by atoms with E-state index in [0.717, 1.165) is 0 Å². The molecule has 1 aromatic heterocycles. The zero-order valence-electron chi connectivity index (χ0n) is 18.3. The van der Waals surface area contributed by atoms with Crippen LogP contribution in [0.5, 0.6) is 11.5 Å². The summed E-state index contributed by atoms with van der Waals surface area (Å²) in [7, 11) is 1.53. The number of para-hydroxylation sites is 1. The topological polar surface area (TPSA) is 69.0 Å². The molecule has 0 radical (unpaired) electrons. The highest BCUT2D eigenvalue weighted by atomic mass is 35.5. The van der Waals surface area contributed by atoms with Gasteiger partial charge in [-0.2, -0.15) is 0 Å². The Kier molecular flexibility index (Phi) is 5.59. The summed E-state index contributed by atoms with van der Waals surface area (Å²) in [6.45, 7) is 3.97. The number of methoxy groups -OCH3 is 1. The highest BCUT2D eigenvalue weighted by molar-refractivity contribution is 6.31. The van der Waals surface area contributed by atoms with E-state index in [0.29, 0.717) is 45.3 Å². The van der Waals surface area contributed by atoms with Crippen molar-refractivity contribution in [1.29, 1.82) is 0 Å². The fourth-order valence-corrected chi connectivity index (χ4v) is 4.43. The number of carbonyl (C=O) groups excluding carboxylic acids is 1. The lowest BCUT2D eigenvalue weighted by molar-refractivity contribution is 0.0971.